The number of rotatable bonds is 5. The number of morpholine rings is 1. The Morgan fingerprint density at radius 3 is 2.86 bits per heavy atom. The van der Waals surface area contributed by atoms with Gasteiger partial charge in [0.15, 0.2) is 5.17 Å². The second kappa shape index (κ2) is 7.82. The lowest BCUT2D eigenvalue weighted by Crippen LogP contribution is -2.38. The van der Waals surface area contributed by atoms with Gasteiger partial charge in [0.1, 0.15) is 0 Å². The minimum atomic E-state index is 0.513. The third-order valence-corrected chi connectivity index (χ3v) is 4.94. The van der Waals surface area contributed by atoms with Crippen LogP contribution >= 0.6 is 11.8 Å². The molecule has 0 saturated carbocycles. The molecule has 2 heterocycles. The van der Waals surface area contributed by atoms with Gasteiger partial charge in [0.25, 0.3) is 0 Å². The predicted molar refractivity (Wildman–Crippen MR) is 89.1 cm³/mol. The molecule has 21 heavy (non-hydrogen) atoms. The van der Waals surface area contributed by atoms with Gasteiger partial charge in [-0.2, -0.15) is 0 Å². The molecule has 2 aliphatic heterocycles. The number of nitrogens with zero attached hydrogens (tertiary/aromatic N) is 2. The molecular formula is C16H23N3OS. The molecule has 0 spiro atoms. The zero-order chi connectivity index (χ0) is 14.3. The molecule has 2 aliphatic rings. The maximum absolute atomic E-state index is 5.36. The Hall–Kier alpha value is -1.04. The second-order valence-electron chi connectivity index (χ2n) is 5.48. The molecular weight excluding hydrogens is 282 g/mol. The summed E-state index contributed by atoms with van der Waals surface area (Å²) < 4.78 is 5.36. The van der Waals surface area contributed by atoms with E-state index in [-0.39, 0.29) is 0 Å². The number of nitrogens with one attached hydrogen (secondary N) is 1. The van der Waals surface area contributed by atoms with Gasteiger partial charge in [0, 0.05) is 31.4 Å². The van der Waals surface area contributed by atoms with Gasteiger partial charge in [-0.3, -0.25) is 9.89 Å². The molecule has 0 bridgehead atoms. The predicted octanol–water partition coefficient (Wildman–Crippen LogP) is 1.62. The largest absolute Gasteiger partial charge is 0.379 e. The zero-order valence-electron chi connectivity index (χ0n) is 12.3. The highest BCUT2D eigenvalue weighted by Crippen LogP contribution is 2.17. The summed E-state index contributed by atoms with van der Waals surface area (Å²) in [7, 11) is 0. The molecule has 1 atom stereocenters. The molecule has 0 aromatic heterocycles. The molecule has 0 aliphatic carbocycles. The topological polar surface area (TPSA) is 36.9 Å². The van der Waals surface area contributed by atoms with Crippen LogP contribution in [0.3, 0.4) is 0 Å². The van der Waals surface area contributed by atoms with Crippen molar-refractivity contribution in [1.82, 2.24) is 10.2 Å². The van der Waals surface area contributed by atoms with Crippen LogP contribution in [0.4, 0.5) is 0 Å². The first-order valence-corrected chi connectivity index (χ1v) is 8.66. The molecule has 1 unspecified atom stereocenters. The summed E-state index contributed by atoms with van der Waals surface area (Å²) in [4.78, 5) is 7.12. The Bertz CT molecular complexity index is 460. The van der Waals surface area contributed by atoms with E-state index in [4.69, 9.17) is 9.73 Å². The molecule has 3 rings (SSSR count). The van der Waals surface area contributed by atoms with Crippen molar-refractivity contribution in [2.45, 2.75) is 12.5 Å². The second-order valence-corrected chi connectivity index (χ2v) is 6.49. The van der Waals surface area contributed by atoms with Gasteiger partial charge in [-0.25, -0.2) is 0 Å². The Labute approximate surface area is 131 Å². The van der Waals surface area contributed by atoms with Crippen molar-refractivity contribution < 1.29 is 4.74 Å². The van der Waals surface area contributed by atoms with Gasteiger partial charge in [-0.05, 0) is 12.0 Å². The average Bonchev–Trinajstić information content (AvgIpc) is 2.97. The van der Waals surface area contributed by atoms with E-state index in [1.165, 1.54) is 5.56 Å². The van der Waals surface area contributed by atoms with Crippen LogP contribution in [0, 0.1) is 0 Å². The molecule has 1 aromatic carbocycles. The molecule has 4 nitrogen and oxygen atoms in total. The number of amidine groups is 1. The first kappa shape index (κ1) is 14.9. The Morgan fingerprint density at radius 1 is 1.24 bits per heavy atom. The van der Waals surface area contributed by atoms with E-state index in [9.17, 15) is 0 Å². The van der Waals surface area contributed by atoms with Crippen molar-refractivity contribution in [3.63, 3.8) is 0 Å². The molecule has 1 aromatic rings. The lowest BCUT2D eigenvalue weighted by Gasteiger charge is -2.25. The SMILES string of the molecule is c1ccc(CC2CSC(=NCCN3CCOCC3)N2)cc1. The van der Waals surface area contributed by atoms with Crippen LogP contribution in [0.25, 0.3) is 0 Å². The highest BCUT2D eigenvalue weighted by molar-refractivity contribution is 8.14. The van der Waals surface area contributed by atoms with E-state index in [1.54, 1.807) is 0 Å². The Morgan fingerprint density at radius 2 is 2.05 bits per heavy atom. The summed E-state index contributed by atoms with van der Waals surface area (Å²) in [6.07, 6.45) is 1.08. The fraction of sp³-hybridized carbons (Fsp3) is 0.562. The maximum atomic E-state index is 5.36. The van der Waals surface area contributed by atoms with Crippen LogP contribution < -0.4 is 5.32 Å². The summed E-state index contributed by atoms with van der Waals surface area (Å²) in [5.41, 5.74) is 1.39. The van der Waals surface area contributed by atoms with Gasteiger partial charge in [0.05, 0.1) is 19.8 Å². The molecule has 0 amide bonds. The minimum absolute atomic E-state index is 0.513. The van der Waals surface area contributed by atoms with Gasteiger partial charge in [-0.1, -0.05) is 42.1 Å². The number of hydrogen-bond donors (Lipinski definition) is 1. The third kappa shape index (κ3) is 4.73. The number of aliphatic imine (C=N–C) groups is 1. The lowest BCUT2D eigenvalue weighted by molar-refractivity contribution is 0.0394. The lowest BCUT2D eigenvalue weighted by atomic mass is 10.1. The van der Waals surface area contributed by atoms with E-state index in [0.717, 1.165) is 56.7 Å². The summed E-state index contributed by atoms with van der Waals surface area (Å²) in [6.45, 7) is 5.74. The third-order valence-electron chi connectivity index (χ3n) is 3.85. The first-order valence-electron chi connectivity index (χ1n) is 7.68. The first-order chi connectivity index (χ1) is 10.4. The smallest absolute Gasteiger partial charge is 0.156 e. The van der Waals surface area contributed by atoms with Crippen LogP contribution in [0.5, 0.6) is 0 Å². The minimum Gasteiger partial charge on any atom is -0.379 e. The zero-order valence-corrected chi connectivity index (χ0v) is 13.1. The fourth-order valence-electron chi connectivity index (χ4n) is 2.66. The van der Waals surface area contributed by atoms with Gasteiger partial charge >= 0.3 is 0 Å². The van der Waals surface area contributed by atoms with E-state index in [1.807, 2.05) is 11.8 Å². The van der Waals surface area contributed by atoms with Gasteiger partial charge in [-0.15, -0.1) is 0 Å². The normalized spacial score (nSPS) is 25.1. The van der Waals surface area contributed by atoms with Crippen molar-refractivity contribution in [1.29, 1.82) is 0 Å². The molecule has 0 radical (unpaired) electrons. The molecule has 2 fully saturated rings. The van der Waals surface area contributed by atoms with E-state index < -0.39 is 0 Å². The van der Waals surface area contributed by atoms with Crippen LogP contribution in [0.15, 0.2) is 35.3 Å². The van der Waals surface area contributed by atoms with Crippen molar-refractivity contribution in [2.75, 3.05) is 45.1 Å². The number of ether oxygens (including phenoxy) is 1. The van der Waals surface area contributed by atoms with E-state index >= 15 is 0 Å². The maximum Gasteiger partial charge on any atom is 0.156 e. The molecule has 5 heteroatoms. The molecule has 114 valence electrons. The van der Waals surface area contributed by atoms with Crippen molar-refractivity contribution in [3.8, 4) is 0 Å². The van der Waals surface area contributed by atoms with Gasteiger partial charge < -0.3 is 10.1 Å². The molecule has 1 N–H and O–H groups in total. The Kier molecular flexibility index (Phi) is 5.54. The van der Waals surface area contributed by atoms with Crippen LogP contribution in [0.2, 0.25) is 0 Å². The summed E-state index contributed by atoms with van der Waals surface area (Å²) in [5.74, 6) is 1.12. The monoisotopic (exact) mass is 305 g/mol. The summed E-state index contributed by atoms with van der Waals surface area (Å²) >= 11 is 1.85. The summed E-state index contributed by atoms with van der Waals surface area (Å²) in [5, 5.41) is 4.66. The van der Waals surface area contributed by atoms with Crippen LogP contribution in [-0.4, -0.2) is 61.3 Å². The average molecular weight is 305 g/mol. The van der Waals surface area contributed by atoms with Crippen molar-refractivity contribution in [3.05, 3.63) is 35.9 Å². The van der Waals surface area contributed by atoms with Crippen LogP contribution in [0.1, 0.15) is 5.56 Å². The number of thioether (sulfide) groups is 1. The quantitative estimate of drug-likeness (QED) is 0.897. The summed E-state index contributed by atoms with van der Waals surface area (Å²) in [6, 6.07) is 11.2. The fourth-order valence-corrected chi connectivity index (χ4v) is 3.65. The van der Waals surface area contributed by atoms with E-state index in [2.05, 4.69) is 40.5 Å². The van der Waals surface area contributed by atoms with Crippen LogP contribution in [-0.2, 0) is 11.2 Å². The van der Waals surface area contributed by atoms with E-state index in [0.29, 0.717) is 6.04 Å². The van der Waals surface area contributed by atoms with Gasteiger partial charge in [0.2, 0.25) is 0 Å². The van der Waals surface area contributed by atoms with Crippen molar-refractivity contribution >= 4 is 16.9 Å². The highest BCUT2D eigenvalue weighted by Gasteiger charge is 2.20. The number of hydrogen-bond acceptors (Lipinski definition) is 4. The van der Waals surface area contributed by atoms with Crippen molar-refractivity contribution in [2.24, 2.45) is 4.99 Å². The molecule has 2 saturated heterocycles. The standard InChI is InChI=1S/C16H23N3OS/c1-2-4-14(5-3-1)12-15-13-21-16(18-15)17-6-7-19-8-10-20-11-9-19/h1-5,15H,6-13H2,(H,17,18). The number of benzene rings is 1. The Balaban J connectivity index is 1.40. The highest BCUT2D eigenvalue weighted by atomic mass is 32.2.